The molecule has 0 amide bonds. The molecular weight excluding hydrogens is 368 g/mol. The highest BCUT2D eigenvalue weighted by Gasteiger charge is 2.20. The SMILES string of the molecule is COC(=O)c1ccc(NS(=O)(=O)c2ccc(OB(O)O)cc2C)cc1F. The zero-order valence-corrected chi connectivity index (χ0v) is 14.6. The quantitative estimate of drug-likeness (QED) is 0.504. The van der Waals surface area contributed by atoms with Gasteiger partial charge in [-0.3, -0.25) is 4.72 Å². The van der Waals surface area contributed by atoms with E-state index in [2.05, 4.69) is 14.1 Å². The lowest BCUT2D eigenvalue weighted by molar-refractivity contribution is 0.0595. The molecule has 2 aromatic carbocycles. The van der Waals surface area contributed by atoms with Crippen LogP contribution in [0.4, 0.5) is 10.1 Å². The molecule has 0 spiro atoms. The van der Waals surface area contributed by atoms with E-state index < -0.39 is 29.1 Å². The first kappa shape index (κ1) is 19.7. The van der Waals surface area contributed by atoms with Gasteiger partial charge in [-0.15, -0.1) is 0 Å². The molecule has 0 fully saturated rings. The number of aryl methyl sites for hydroxylation is 1. The van der Waals surface area contributed by atoms with Gasteiger partial charge in [-0.2, -0.15) is 0 Å². The van der Waals surface area contributed by atoms with Crippen molar-refractivity contribution in [2.45, 2.75) is 11.8 Å². The molecule has 2 rings (SSSR count). The number of nitrogens with one attached hydrogen (secondary N) is 1. The van der Waals surface area contributed by atoms with Crippen molar-refractivity contribution in [3.63, 3.8) is 0 Å². The summed E-state index contributed by atoms with van der Waals surface area (Å²) >= 11 is 0. The largest absolute Gasteiger partial charge is 0.707 e. The first-order valence-corrected chi connectivity index (χ1v) is 8.66. The third kappa shape index (κ3) is 4.51. The van der Waals surface area contributed by atoms with Crippen LogP contribution in [0.15, 0.2) is 41.3 Å². The van der Waals surface area contributed by atoms with E-state index in [-0.39, 0.29) is 27.5 Å². The van der Waals surface area contributed by atoms with Crippen LogP contribution in [0.2, 0.25) is 0 Å². The first-order valence-electron chi connectivity index (χ1n) is 7.18. The minimum Gasteiger partial charge on any atom is -0.512 e. The summed E-state index contributed by atoms with van der Waals surface area (Å²) in [5.41, 5.74) is -0.140. The maximum absolute atomic E-state index is 13.9. The van der Waals surface area contributed by atoms with Crippen molar-refractivity contribution in [1.82, 2.24) is 0 Å². The van der Waals surface area contributed by atoms with Crippen molar-refractivity contribution >= 4 is 29.0 Å². The summed E-state index contributed by atoms with van der Waals surface area (Å²) in [6.07, 6.45) is 0. The Bertz CT molecular complexity index is 934. The molecule has 3 N–H and O–H groups in total. The Labute approximate surface area is 149 Å². The van der Waals surface area contributed by atoms with Crippen molar-refractivity contribution in [1.29, 1.82) is 0 Å². The van der Waals surface area contributed by atoms with E-state index in [1.807, 2.05) is 0 Å². The summed E-state index contributed by atoms with van der Waals surface area (Å²) in [7, 11) is -4.99. The van der Waals surface area contributed by atoms with Crippen molar-refractivity contribution in [2.24, 2.45) is 0 Å². The number of methoxy groups -OCH3 is 1. The van der Waals surface area contributed by atoms with Gasteiger partial charge in [0.05, 0.1) is 23.3 Å². The Morgan fingerprint density at radius 3 is 2.42 bits per heavy atom. The maximum atomic E-state index is 13.9. The number of carbonyl (C=O) groups is 1. The standard InChI is InChI=1S/C15H15BFNO7S/c1-9-7-11(25-16(20)21)4-6-14(9)26(22,23)18-10-3-5-12(13(17)8-10)15(19)24-2/h3-8,18,20-21H,1-2H3. The lowest BCUT2D eigenvalue weighted by atomic mass is 10.2. The fraction of sp³-hybridized carbons (Fsp3) is 0.133. The van der Waals surface area contributed by atoms with Gasteiger partial charge in [0.25, 0.3) is 10.0 Å². The Morgan fingerprint density at radius 1 is 1.19 bits per heavy atom. The van der Waals surface area contributed by atoms with Crippen LogP contribution in [-0.4, -0.2) is 38.9 Å². The number of sulfonamides is 1. The van der Waals surface area contributed by atoms with Crippen molar-refractivity contribution in [2.75, 3.05) is 11.8 Å². The fourth-order valence-corrected chi connectivity index (χ4v) is 3.46. The van der Waals surface area contributed by atoms with Crippen LogP contribution in [0.1, 0.15) is 15.9 Å². The van der Waals surface area contributed by atoms with E-state index in [0.29, 0.717) is 0 Å². The molecule has 0 radical (unpaired) electrons. The highest BCUT2D eigenvalue weighted by Crippen LogP contribution is 2.24. The van der Waals surface area contributed by atoms with Crippen LogP contribution in [0.5, 0.6) is 5.75 Å². The second-order valence-corrected chi connectivity index (χ2v) is 6.81. The molecule has 0 aromatic heterocycles. The minimum absolute atomic E-state index is 0.0601. The summed E-state index contributed by atoms with van der Waals surface area (Å²) in [6.45, 7) is 1.48. The summed E-state index contributed by atoms with van der Waals surface area (Å²) in [5, 5.41) is 17.5. The molecule has 138 valence electrons. The van der Waals surface area contributed by atoms with E-state index in [1.165, 1.54) is 31.2 Å². The molecule has 0 heterocycles. The predicted octanol–water partition coefficient (Wildman–Crippen LogP) is 1.07. The van der Waals surface area contributed by atoms with E-state index in [9.17, 15) is 17.6 Å². The highest BCUT2D eigenvalue weighted by molar-refractivity contribution is 7.92. The molecule has 0 aliphatic rings. The smallest absolute Gasteiger partial charge is 0.512 e. The van der Waals surface area contributed by atoms with Gasteiger partial charge in [-0.05, 0) is 48.9 Å². The third-order valence-electron chi connectivity index (χ3n) is 3.30. The molecule has 0 unspecified atom stereocenters. The second kappa shape index (κ2) is 7.73. The molecule has 0 atom stereocenters. The molecule has 0 saturated heterocycles. The van der Waals surface area contributed by atoms with Crippen molar-refractivity contribution < 1.29 is 37.0 Å². The fourth-order valence-electron chi connectivity index (χ4n) is 2.18. The Kier molecular flexibility index (Phi) is 5.85. The molecule has 26 heavy (non-hydrogen) atoms. The van der Waals surface area contributed by atoms with Gasteiger partial charge in [-0.25, -0.2) is 17.6 Å². The van der Waals surface area contributed by atoms with Crippen LogP contribution in [-0.2, 0) is 14.8 Å². The maximum Gasteiger partial charge on any atom is 0.707 e. The number of carbonyl (C=O) groups excluding carboxylic acids is 1. The van der Waals surface area contributed by atoms with Gasteiger partial charge in [0.2, 0.25) is 0 Å². The van der Waals surface area contributed by atoms with Gasteiger partial charge in [0, 0.05) is 0 Å². The van der Waals surface area contributed by atoms with Crippen LogP contribution in [0.25, 0.3) is 0 Å². The van der Waals surface area contributed by atoms with Crippen LogP contribution < -0.4 is 9.38 Å². The first-order chi connectivity index (χ1) is 12.1. The minimum atomic E-state index is -4.06. The lowest BCUT2D eigenvalue weighted by Crippen LogP contribution is -2.21. The van der Waals surface area contributed by atoms with Crippen molar-refractivity contribution in [3.8, 4) is 5.75 Å². The molecule has 11 heteroatoms. The molecule has 2 aromatic rings. The van der Waals surface area contributed by atoms with Crippen LogP contribution >= 0.6 is 0 Å². The number of benzene rings is 2. The van der Waals surface area contributed by atoms with Gasteiger partial charge in [0.15, 0.2) is 0 Å². The lowest BCUT2D eigenvalue weighted by Gasteiger charge is -2.13. The number of esters is 1. The van der Waals surface area contributed by atoms with E-state index >= 15 is 0 Å². The number of rotatable bonds is 6. The van der Waals surface area contributed by atoms with Gasteiger partial charge >= 0.3 is 13.3 Å². The number of hydrogen-bond acceptors (Lipinski definition) is 7. The van der Waals surface area contributed by atoms with Crippen LogP contribution in [0, 0.1) is 12.7 Å². The van der Waals surface area contributed by atoms with Gasteiger partial charge < -0.3 is 19.4 Å². The number of halogens is 1. The van der Waals surface area contributed by atoms with E-state index in [1.54, 1.807) is 0 Å². The Balaban J connectivity index is 2.29. The number of hydrogen-bond donors (Lipinski definition) is 3. The average molecular weight is 383 g/mol. The molecule has 0 saturated carbocycles. The monoisotopic (exact) mass is 383 g/mol. The summed E-state index contributed by atoms with van der Waals surface area (Å²) in [6, 6.07) is 6.93. The zero-order valence-electron chi connectivity index (χ0n) is 13.8. The second-order valence-electron chi connectivity index (χ2n) is 5.16. The Hall–Kier alpha value is -2.63. The molecule has 0 aliphatic carbocycles. The van der Waals surface area contributed by atoms with E-state index in [4.69, 9.17) is 10.0 Å². The number of ether oxygens (including phenoxy) is 1. The predicted molar refractivity (Wildman–Crippen MR) is 90.5 cm³/mol. The summed E-state index contributed by atoms with van der Waals surface area (Å²) < 4.78 is 50.1. The third-order valence-corrected chi connectivity index (χ3v) is 4.85. The number of anilines is 1. The molecule has 0 aliphatic heterocycles. The molecule has 8 nitrogen and oxygen atoms in total. The zero-order chi connectivity index (χ0) is 19.5. The topological polar surface area (TPSA) is 122 Å². The van der Waals surface area contributed by atoms with Crippen LogP contribution in [0.3, 0.4) is 0 Å². The highest BCUT2D eigenvalue weighted by atomic mass is 32.2. The molecule has 0 bridgehead atoms. The van der Waals surface area contributed by atoms with Gasteiger partial charge in [0.1, 0.15) is 11.6 Å². The summed E-state index contributed by atoms with van der Waals surface area (Å²) in [5.74, 6) is -1.76. The summed E-state index contributed by atoms with van der Waals surface area (Å²) in [4.78, 5) is 11.2. The van der Waals surface area contributed by atoms with E-state index in [0.717, 1.165) is 19.2 Å². The normalized spacial score (nSPS) is 11.0. The molecular formula is C15H15BFNO7S. The Morgan fingerprint density at radius 2 is 1.88 bits per heavy atom. The average Bonchev–Trinajstić information content (AvgIpc) is 2.53. The van der Waals surface area contributed by atoms with Gasteiger partial charge in [-0.1, -0.05) is 0 Å². The van der Waals surface area contributed by atoms with Crippen molar-refractivity contribution in [3.05, 3.63) is 53.3 Å².